The van der Waals surface area contributed by atoms with Crippen molar-refractivity contribution >= 4 is 11.8 Å². The summed E-state index contributed by atoms with van der Waals surface area (Å²) in [6.07, 6.45) is 2.95. The summed E-state index contributed by atoms with van der Waals surface area (Å²) < 4.78 is 1.87. The lowest BCUT2D eigenvalue weighted by Crippen LogP contribution is -2.34. The predicted molar refractivity (Wildman–Crippen MR) is 59.6 cm³/mol. The number of thioether (sulfide) groups is 1. The highest BCUT2D eigenvalue weighted by atomic mass is 32.2. The average Bonchev–Trinajstić information content (AvgIpc) is 2.99. The minimum absolute atomic E-state index is 0.484. The zero-order valence-corrected chi connectivity index (χ0v) is 9.94. The molecule has 16 heavy (non-hydrogen) atoms. The van der Waals surface area contributed by atoms with E-state index < -0.39 is 5.54 Å². The van der Waals surface area contributed by atoms with Gasteiger partial charge in [0, 0.05) is 5.75 Å². The number of hydrogen-bond donors (Lipinski definition) is 1. The fraction of sp³-hybridized carbons (Fsp3) is 0.778. The molecule has 1 heterocycles. The van der Waals surface area contributed by atoms with Crippen molar-refractivity contribution in [3.05, 3.63) is 0 Å². The third kappa shape index (κ3) is 2.71. The van der Waals surface area contributed by atoms with Gasteiger partial charge >= 0.3 is 0 Å². The van der Waals surface area contributed by atoms with Crippen LogP contribution >= 0.6 is 11.8 Å². The molecule has 86 valence electrons. The van der Waals surface area contributed by atoms with Gasteiger partial charge in [-0.1, -0.05) is 11.8 Å². The van der Waals surface area contributed by atoms with Crippen molar-refractivity contribution in [1.82, 2.24) is 20.2 Å². The zero-order chi connectivity index (χ0) is 11.6. The average molecular weight is 238 g/mol. The summed E-state index contributed by atoms with van der Waals surface area (Å²) in [7, 11) is 0. The monoisotopic (exact) mass is 238 g/mol. The van der Waals surface area contributed by atoms with Crippen LogP contribution < -0.4 is 5.73 Å². The molecule has 6 nitrogen and oxygen atoms in total. The Morgan fingerprint density at radius 2 is 2.44 bits per heavy atom. The molecule has 0 saturated heterocycles. The number of aromatic nitrogens is 4. The van der Waals surface area contributed by atoms with Crippen molar-refractivity contribution in [3.63, 3.8) is 0 Å². The second-order valence-electron chi connectivity index (χ2n) is 4.26. The van der Waals surface area contributed by atoms with Crippen molar-refractivity contribution in [2.24, 2.45) is 5.73 Å². The molecule has 1 atom stereocenters. The molecule has 1 aliphatic rings. The van der Waals surface area contributed by atoms with Crippen LogP contribution in [0.1, 0.15) is 32.2 Å². The van der Waals surface area contributed by atoms with E-state index in [0.29, 0.717) is 12.5 Å². The van der Waals surface area contributed by atoms with Gasteiger partial charge in [0.2, 0.25) is 5.16 Å². The van der Waals surface area contributed by atoms with Gasteiger partial charge in [0.1, 0.15) is 5.54 Å². The minimum atomic E-state index is -0.759. The van der Waals surface area contributed by atoms with Crippen LogP contribution in [0.2, 0.25) is 0 Å². The molecule has 2 N–H and O–H groups in total. The number of hydrogen-bond acceptors (Lipinski definition) is 6. The summed E-state index contributed by atoms with van der Waals surface area (Å²) in [5, 5.41) is 21.2. The van der Waals surface area contributed by atoms with E-state index >= 15 is 0 Å². The van der Waals surface area contributed by atoms with Gasteiger partial charge in [0.05, 0.1) is 12.1 Å². The molecule has 1 unspecified atom stereocenters. The molecule has 1 fully saturated rings. The van der Waals surface area contributed by atoms with Crippen molar-refractivity contribution in [2.75, 3.05) is 5.75 Å². The maximum atomic E-state index is 8.77. The standard InChI is InChI=1S/C9H14N6S/c1-9(11,6-10)4-5-16-8-12-13-14-15(8)7-2-3-7/h7H,2-5,11H2,1H3. The van der Waals surface area contributed by atoms with Gasteiger partial charge in [-0.25, -0.2) is 4.68 Å². The Kier molecular flexibility index (Phi) is 3.12. The van der Waals surface area contributed by atoms with E-state index in [-0.39, 0.29) is 0 Å². The van der Waals surface area contributed by atoms with Gasteiger partial charge in [-0.15, -0.1) is 5.10 Å². The van der Waals surface area contributed by atoms with Crippen molar-refractivity contribution in [2.45, 2.75) is 42.9 Å². The number of nitrogens with zero attached hydrogens (tertiary/aromatic N) is 5. The molecular weight excluding hydrogens is 224 g/mol. The second kappa shape index (κ2) is 4.39. The molecule has 0 spiro atoms. The first kappa shape index (κ1) is 11.4. The predicted octanol–water partition coefficient (Wildman–Crippen LogP) is 0.731. The van der Waals surface area contributed by atoms with Gasteiger partial charge in [-0.2, -0.15) is 5.26 Å². The third-order valence-electron chi connectivity index (χ3n) is 2.46. The van der Waals surface area contributed by atoms with E-state index in [9.17, 15) is 0 Å². The van der Waals surface area contributed by atoms with Gasteiger partial charge in [-0.3, -0.25) is 0 Å². The Bertz CT molecular complexity index is 402. The Morgan fingerprint density at radius 1 is 1.69 bits per heavy atom. The molecule has 0 aromatic carbocycles. The normalized spacial score (nSPS) is 19.1. The van der Waals surface area contributed by atoms with Crippen LogP contribution in [-0.2, 0) is 0 Å². The smallest absolute Gasteiger partial charge is 0.209 e. The Balaban J connectivity index is 1.86. The van der Waals surface area contributed by atoms with E-state index in [0.717, 1.165) is 23.8 Å². The first-order chi connectivity index (χ1) is 7.62. The highest BCUT2D eigenvalue weighted by molar-refractivity contribution is 7.99. The van der Waals surface area contributed by atoms with Gasteiger partial charge in [0.15, 0.2) is 0 Å². The zero-order valence-electron chi connectivity index (χ0n) is 9.13. The summed E-state index contributed by atoms with van der Waals surface area (Å²) in [6.45, 7) is 1.73. The third-order valence-corrected chi connectivity index (χ3v) is 3.40. The second-order valence-corrected chi connectivity index (χ2v) is 5.33. The van der Waals surface area contributed by atoms with Crippen molar-refractivity contribution in [3.8, 4) is 6.07 Å². The molecule has 1 aromatic rings. The van der Waals surface area contributed by atoms with Gasteiger partial charge < -0.3 is 5.73 Å². The summed E-state index contributed by atoms with van der Waals surface area (Å²) in [5.74, 6) is 0.758. The highest BCUT2D eigenvalue weighted by Gasteiger charge is 2.28. The molecule has 1 aromatic heterocycles. The Morgan fingerprint density at radius 3 is 3.06 bits per heavy atom. The molecule has 7 heteroatoms. The quantitative estimate of drug-likeness (QED) is 0.760. The maximum Gasteiger partial charge on any atom is 0.209 e. The first-order valence-electron chi connectivity index (χ1n) is 5.23. The fourth-order valence-electron chi connectivity index (χ4n) is 1.24. The summed E-state index contributed by atoms with van der Waals surface area (Å²) in [6, 6.07) is 2.56. The molecule has 0 aliphatic heterocycles. The van der Waals surface area contributed by atoms with Gasteiger partial charge in [-0.05, 0) is 36.6 Å². The van der Waals surface area contributed by atoms with E-state index in [1.807, 2.05) is 4.68 Å². The molecule has 2 rings (SSSR count). The lowest BCUT2D eigenvalue weighted by atomic mass is 10.0. The molecule has 1 aliphatic carbocycles. The highest BCUT2D eigenvalue weighted by Crippen LogP contribution is 2.36. The van der Waals surface area contributed by atoms with Crippen LogP contribution in [0.3, 0.4) is 0 Å². The molecule has 1 saturated carbocycles. The van der Waals surface area contributed by atoms with Crippen LogP contribution in [0.5, 0.6) is 0 Å². The number of rotatable bonds is 5. The van der Waals surface area contributed by atoms with E-state index in [1.54, 1.807) is 18.7 Å². The lowest BCUT2D eigenvalue weighted by molar-refractivity contribution is 0.561. The number of nitriles is 1. The van der Waals surface area contributed by atoms with Crippen LogP contribution in [0.4, 0.5) is 0 Å². The Labute approximate surface area is 98.2 Å². The van der Waals surface area contributed by atoms with E-state index in [2.05, 4.69) is 21.6 Å². The van der Waals surface area contributed by atoms with Crippen LogP contribution in [0, 0.1) is 11.3 Å². The maximum absolute atomic E-state index is 8.77. The summed E-state index contributed by atoms with van der Waals surface area (Å²) in [5.41, 5.74) is 4.97. The topological polar surface area (TPSA) is 93.4 Å². The minimum Gasteiger partial charge on any atom is -0.314 e. The molecular formula is C9H14N6S. The fourth-order valence-corrected chi connectivity index (χ4v) is 2.36. The van der Waals surface area contributed by atoms with Crippen LogP contribution in [-0.4, -0.2) is 31.5 Å². The molecule has 0 amide bonds. The summed E-state index contributed by atoms with van der Waals surface area (Å²) >= 11 is 1.56. The number of nitrogens with two attached hydrogens (primary N) is 1. The van der Waals surface area contributed by atoms with E-state index in [4.69, 9.17) is 11.0 Å². The Hall–Kier alpha value is -1.13. The summed E-state index contributed by atoms with van der Waals surface area (Å²) in [4.78, 5) is 0. The van der Waals surface area contributed by atoms with Crippen molar-refractivity contribution < 1.29 is 0 Å². The van der Waals surface area contributed by atoms with Crippen molar-refractivity contribution in [1.29, 1.82) is 5.26 Å². The van der Waals surface area contributed by atoms with E-state index in [1.165, 1.54) is 0 Å². The van der Waals surface area contributed by atoms with Crippen LogP contribution in [0.25, 0.3) is 0 Å². The SMILES string of the molecule is CC(N)(C#N)CCSc1nnnn1C1CC1. The molecule has 0 bridgehead atoms. The lowest BCUT2D eigenvalue weighted by Gasteiger charge is -2.13. The first-order valence-corrected chi connectivity index (χ1v) is 6.22. The largest absolute Gasteiger partial charge is 0.314 e. The molecule has 0 radical (unpaired) electrons. The van der Waals surface area contributed by atoms with Crippen LogP contribution in [0.15, 0.2) is 5.16 Å². The number of tetrazole rings is 1. The van der Waals surface area contributed by atoms with Gasteiger partial charge in [0.25, 0.3) is 0 Å².